The van der Waals surface area contributed by atoms with Crippen molar-refractivity contribution in [3.8, 4) is 0 Å². The number of sulfonamides is 1. The van der Waals surface area contributed by atoms with E-state index >= 15 is 0 Å². The summed E-state index contributed by atoms with van der Waals surface area (Å²) in [7, 11) is -3.09. The Kier molecular flexibility index (Phi) is 2.72. The van der Waals surface area contributed by atoms with E-state index in [0.29, 0.717) is 13.1 Å². The molecule has 0 aromatic heterocycles. The predicted molar refractivity (Wildman–Crippen MR) is 55.7 cm³/mol. The first-order chi connectivity index (χ1) is 6.98. The maximum atomic E-state index is 11.8. The molecule has 2 heterocycles. The molecule has 2 rings (SSSR count). The number of carbonyl (C=O) groups excluding carboxylic acids is 1. The Morgan fingerprint density at radius 1 is 1.20 bits per heavy atom. The van der Waals surface area contributed by atoms with Gasteiger partial charge in [0.2, 0.25) is 15.9 Å². The van der Waals surface area contributed by atoms with Gasteiger partial charge < -0.3 is 4.90 Å². The van der Waals surface area contributed by atoms with E-state index in [4.69, 9.17) is 0 Å². The Labute approximate surface area is 90.1 Å². The Morgan fingerprint density at radius 2 is 1.73 bits per heavy atom. The summed E-state index contributed by atoms with van der Waals surface area (Å²) in [4.78, 5) is 13.7. The van der Waals surface area contributed by atoms with Gasteiger partial charge in [-0.3, -0.25) is 4.79 Å². The maximum Gasteiger partial charge on any atom is 0.228 e. The zero-order chi connectivity index (χ0) is 11.1. The fourth-order valence-electron chi connectivity index (χ4n) is 2.06. The molecule has 6 heteroatoms. The van der Waals surface area contributed by atoms with E-state index in [2.05, 4.69) is 0 Å². The van der Waals surface area contributed by atoms with Gasteiger partial charge >= 0.3 is 0 Å². The van der Waals surface area contributed by atoms with Crippen LogP contribution in [0.1, 0.15) is 12.8 Å². The van der Waals surface area contributed by atoms with Gasteiger partial charge in [0, 0.05) is 26.2 Å². The van der Waals surface area contributed by atoms with E-state index < -0.39 is 10.0 Å². The van der Waals surface area contributed by atoms with Gasteiger partial charge in [-0.2, -0.15) is 0 Å². The lowest BCUT2D eigenvalue weighted by Gasteiger charge is -2.37. The van der Waals surface area contributed by atoms with E-state index in [0.717, 1.165) is 25.9 Å². The van der Waals surface area contributed by atoms with Gasteiger partial charge in [0.15, 0.2) is 0 Å². The minimum absolute atomic E-state index is 0.0992. The van der Waals surface area contributed by atoms with Crippen molar-refractivity contribution in [2.45, 2.75) is 12.8 Å². The Hall–Kier alpha value is -0.620. The summed E-state index contributed by atoms with van der Waals surface area (Å²) in [5, 5.41) is 0. The van der Waals surface area contributed by atoms with Gasteiger partial charge in [0.05, 0.1) is 12.2 Å². The first-order valence-electron chi connectivity index (χ1n) is 5.22. The zero-order valence-corrected chi connectivity index (χ0v) is 9.66. The van der Waals surface area contributed by atoms with Gasteiger partial charge in [-0.25, -0.2) is 12.7 Å². The molecule has 86 valence electrons. The third-order valence-electron chi connectivity index (χ3n) is 3.08. The average molecular weight is 232 g/mol. The maximum absolute atomic E-state index is 11.8. The summed E-state index contributed by atoms with van der Waals surface area (Å²) in [6.45, 7) is 2.42. The van der Waals surface area contributed by atoms with Crippen molar-refractivity contribution in [3.05, 3.63) is 0 Å². The Morgan fingerprint density at radius 3 is 2.20 bits per heavy atom. The van der Waals surface area contributed by atoms with E-state index in [1.165, 1.54) is 10.6 Å². The van der Waals surface area contributed by atoms with Crippen molar-refractivity contribution in [2.24, 2.45) is 5.92 Å². The lowest BCUT2D eigenvalue weighted by atomic mass is 10.0. The van der Waals surface area contributed by atoms with E-state index in [1.54, 1.807) is 0 Å². The molecular formula is C9H16N2O3S. The number of carbonyl (C=O) groups is 1. The van der Waals surface area contributed by atoms with Crippen LogP contribution in [-0.2, 0) is 14.8 Å². The highest BCUT2D eigenvalue weighted by Crippen LogP contribution is 2.22. The smallest absolute Gasteiger partial charge is 0.228 e. The molecule has 2 fully saturated rings. The normalized spacial score (nSPS) is 24.2. The lowest BCUT2D eigenvalue weighted by Crippen LogP contribution is -2.55. The summed E-state index contributed by atoms with van der Waals surface area (Å²) in [5.41, 5.74) is 0. The highest BCUT2D eigenvalue weighted by atomic mass is 32.2. The first-order valence-corrected chi connectivity index (χ1v) is 7.07. The summed E-state index contributed by atoms with van der Waals surface area (Å²) < 4.78 is 23.6. The monoisotopic (exact) mass is 232 g/mol. The van der Waals surface area contributed by atoms with E-state index in [1.807, 2.05) is 4.90 Å². The Balaban J connectivity index is 1.86. The van der Waals surface area contributed by atoms with Crippen LogP contribution < -0.4 is 0 Å². The quantitative estimate of drug-likeness (QED) is 0.645. The van der Waals surface area contributed by atoms with Crippen LogP contribution in [0.2, 0.25) is 0 Å². The lowest BCUT2D eigenvalue weighted by molar-refractivity contribution is -0.137. The van der Waals surface area contributed by atoms with Crippen LogP contribution in [0.4, 0.5) is 0 Å². The topological polar surface area (TPSA) is 57.7 Å². The van der Waals surface area contributed by atoms with Crippen LogP contribution in [0.3, 0.4) is 0 Å². The molecule has 2 aliphatic heterocycles. The molecule has 0 aromatic carbocycles. The highest BCUT2D eigenvalue weighted by Gasteiger charge is 2.39. The second kappa shape index (κ2) is 3.75. The summed E-state index contributed by atoms with van der Waals surface area (Å²) >= 11 is 0. The molecule has 5 nitrogen and oxygen atoms in total. The van der Waals surface area contributed by atoms with Crippen molar-refractivity contribution in [1.82, 2.24) is 9.21 Å². The minimum atomic E-state index is -3.09. The molecule has 0 spiro atoms. The van der Waals surface area contributed by atoms with Gasteiger partial charge in [0.25, 0.3) is 0 Å². The molecule has 15 heavy (non-hydrogen) atoms. The van der Waals surface area contributed by atoms with Crippen LogP contribution in [0.25, 0.3) is 0 Å². The van der Waals surface area contributed by atoms with Gasteiger partial charge in [-0.1, -0.05) is 0 Å². The predicted octanol–water partition coefficient (Wildman–Crippen LogP) is -0.500. The molecule has 2 aliphatic rings. The zero-order valence-electron chi connectivity index (χ0n) is 8.85. The molecule has 0 radical (unpaired) electrons. The average Bonchev–Trinajstić information content (AvgIpc) is 2.48. The number of hydrogen-bond acceptors (Lipinski definition) is 3. The molecule has 0 aromatic rings. The van der Waals surface area contributed by atoms with E-state index in [9.17, 15) is 13.2 Å². The van der Waals surface area contributed by atoms with Crippen molar-refractivity contribution in [2.75, 3.05) is 32.4 Å². The highest BCUT2D eigenvalue weighted by molar-refractivity contribution is 7.88. The van der Waals surface area contributed by atoms with Gasteiger partial charge in [-0.15, -0.1) is 0 Å². The molecule has 0 saturated carbocycles. The molecule has 0 aliphatic carbocycles. The fraction of sp³-hybridized carbons (Fsp3) is 0.889. The van der Waals surface area contributed by atoms with Crippen molar-refractivity contribution in [1.29, 1.82) is 0 Å². The molecule has 0 N–H and O–H groups in total. The summed E-state index contributed by atoms with van der Waals surface area (Å²) in [6, 6.07) is 0. The standard InChI is InChI=1S/C9H16N2O3S/c1-15(13,14)11-6-8(7-11)9(12)10-4-2-3-5-10/h8H,2-7H2,1H3. The third-order valence-corrected chi connectivity index (χ3v) is 4.32. The van der Waals surface area contributed by atoms with Crippen LogP contribution >= 0.6 is 0 Å². The van der Waals surface area contributed by atoms with Crippen molar-refractivity contribution >= 4 is 15.9 Å². The number of rotatable bonds is 2. The molecule has 0 bridgehead atoms. The summed E-state index contributed by atoms with van der Waals surface area (Å²) in [6.07, 6.45) is 3.34. The molecule has 0 unspecified atom stereocenters. The number of hydrogen-bond donors (Lipinski definition) is 0. The van der Waals surface area contributed by atoms with Crippen LogP contribution in [0.5, 0.6) is 0 Å². The minimum Gasteiger partial charge on any atom is -0.342 e. The number of nitrogens with zero attached hydrogens (tertiary/aromatic N) is 2. The van der Waals surface area contributed by atoms with Gasteiger partial charge in [0.1, 0.15) is 0 Å². The molecule has 2 saturated heterocycles. The SMILES string of the molecule is CS(=O)(=O)N1CC(C(=O)N2CCCC2)C1. The van der Waals surface area contributed by atoms with Gasteiger partial charge in [-0.05, 0) is 12.8 Å². The largest absolute Gasteiger partial charge is 0.342 e. The molecular weight excluding hydrogens is 216 g/mol. The number of likely N-dealkylation sites (tertiary alicyclic amines) is 1. The van der Waals surface area contributed by atoms with Crippen LogP contribution in [0, 0.1) is 5.92 Å². The number of amides is 1. The first kappa shape index (κ1) is 10.9. The third kappa shape index (κ3) is 2.15. The second-order valence-electron chi connectivity index (χ2n) is 4.31. The van der Waals surface area contributed by atoms with E-state index in [-0.39, 0.29) is 11.8 Å². The molecule has 1 amide bonds. The Bertz CT molecular complexity index is 354. The van der Waals surface area contributed by atoms with Crippen molar-refractivity contribution in [3.63, 3.8) is 0 Å². The summed E-state index contributed by atoms with van der Waals surface area (Å²) in [5.74, 6) is 0.0326. The fourth-order valence-corrected chi connectivity index (χ4v) is 2.96. The van der Waals surface area contributed by atoms with Crippen LogP contribution in [-0.4, -0.2) is 56.0 Å². The van der Waals surface area contributed by atoms with Crippen molar-refractivity contribution < 1.29 is 13.2 Å². The molecule has 0 atom stereocenters. The van der Waals surface area contributed by atoms with Crippen LogP contribution in [0.15, 0.2) is 0 Å². The second-order valence-corrected chi connectivity index (χ2v) is 6.29.